The van der Waals surface area contributed by atoms with E-state index < -0.39 is 5.72 Å². The molecule has 0 bridgehead atoms. The molecule has 0 aliphatic carbocycles. The number of nitrogens with zero attached hydrogens (tertiary/aromatic N) is 1. The Morgan fingerprint density at radius 3 is 2.64 bits per heavy atom. The van der Waals surface area contributed by atoms with E-state index in [1.54, 1.807) is 19.2 Å². The van der Waals surface area contributed by atoms with E-state index in [9.17, 15) is 9.59 Å². The predicted molar refractivity (Wildman–Crippen MR) is 84.8 cm³/mol. The van der Waals surface area contributed by atoms with Crippen LogP contribution in [0.3, 0.4) is 0 Å². The van der Waals surface area contributed by atoms with Crippen molar-refractivity contribution in [1.29, 1.82) is 0 Å². The molecule has 2 heterocycles. The number of para-hydroxylation sites is 1. The monoisotopic (exact) mass is 300 g/mol. The first-order valence-electron chi connectivity index (χ1n) is 7.47. The highest BCUT2D eigenvalue weighted by atomic mass is 16.5. The first kappa shape index (κ1) is 14.8. The summed E-state index contributed by atoms with van der Waals surface area (Å²) in [6.45, 7) is 4.05. The van der Waals surface area contributed by atoms with Crippen LogP contribution in [0.4, 0.5) is 0 Å². The molecule has 116 valence electrons. The second-order valence-electron chi connectivity index (χ2n) is 5.83. The van der Waals surface area contributed by atoms with Gasteiger partial charge >= 0.3 is 0 Å². The van der Waals surface area contributed by atoms with E-state index in [-0.39, 0.29) is 22.8 Å². The number of methoxy groups -OCH3 is 1. The molecule has 1 aliphatic rings. The van der Waals surface area contributed by atoms with E-state index in [0.29, 0.717) is 11.1 Å². The van der Waals surface area contributed by atoms with Crippen molar-refractivity contribution in [2.24, 2.45) is 13.0 Å². The summed E-state index contributed by atoms with van der Waals surface area (Å²) in [6.07, 6.45) is 0.814. The van der Waals surface area contributed by atoms with E-state index in [1.165, 1.54) is 0 Å². The SMILES string of the molecule is CC[C@H](C)[C@]1(OC)NC(=O)c2c1n(C)c1ccccc1c2=O. The van der Waals surface area contributed by atoms with Crippen LogP contribution < -0.4 is 10.7 Å². The highest BCUT2D eigenvalue weighted by molar-refractivity contribution is 6.02. The minimum atomic E-state index is -0.959. The summed E-state index contributed by atoms with van der Waals surface area (Å²) in [5, 5.41) is 3.46. The number of pyridine rings is 1. The lowest BCUT2D eigenvalue weighted by Crippen LogP contribution is -2.47. The fourth-order valence-electron chi connectivity index (χ4n) is 3.42. The Bertz CT molecular complexity index is 824. The van der Waals surface area contributed by atoms with Gasteiger partial charge in [-0.2, -0.15) is 0 Å². The average molecular weight is 300 g/mol. The van der Waals surface area contributed by atoms with Crippen LogP contribution in [-0.2, 0) is 17.5 Å². The standard InChI is InChI=1S/C17H20N2O3/c1-5-10(2)17(22-4)15-13(16(21)18-17)14(20)11-8-6-7-9-12(11)19(15)3/h6-10H,5H2,1-4H3,(H,18,21)/t10-,17+/m0/s1. The maximum atomic E-state index is 12.8. The van der Waals surface area contributed by atoms with Gasteiger partial charge in [-0.1, -0.05) is 26.0 Å². The van der Waals surface area contributed by atoms with Crippen LogP contribution in [0, 0.1) is 5.92 Å². The predicted octanol–water partition coefficient (Wildman–Crippen LogP) is 2.13. The topological polar surface area (TPSA) is 60.3 Å². The molecule has 2 atom stereocenters. The van der Waals surface area contributed by atoms with Gasteiger partial charge in [0.25, 0.3) is 5.91 Å². The molecule has 0 saturated heterocycles. The Labute approximate surface area is 128 Å². The number of rotatable bonds is 3. The number of nitrogens with one attached hydrogen (secondary N) is 1. The van der Waals surface area contributed by atoms with Gasteiger partial charge in [-0.3, -0.25) is 9.59 Å². The molecule has 3 rings (SSSR count). The molecular formula is C17H20N2O3. The second kappa shape index (κ2) is 4.95. The van der Waals surface area contributed by atoms with Gasteiger partial charge in [-0.05, 0) is 18.6 Å². The highest BCUT2D eigenvalue weighted by Crippen LogP contribution is 2.39. The molecule has 1 aromatic heterocycles. The fourth-order valence-corrected chi connectivity index (χ4v) is 3.42. The molecule has 0 fully saturated rings. The van der Waals surface area contributed by atoms with Crippen molar-refractivity contribution in [3.05, 3.63) is 45.7 Å². The van der Waals surface area contributed by atoms with E-state index in [2.05, 4.69) is 5.32 Å². The third-order valence-corrected chi connectivity index (χ3v) is 4.82. The lowest BCUT2D eigenvalue weighted by molar-refractivity contribution is -0.0789. The summed E-state index contributed by atoms with van der Waals surface area (Å²) >= 11 is 0. The number of aryl methyl sites for hydroxylation is 1. The zero-order valence-electron chi connectivity index (χ0n) is 13.3. The third kappa shape index (κ3) is 1.69. The van der Waals surface area contributed by atoms with E-state index >= 15 is 0 Å². The summed E-state index contributed by atoms with van der Waals surface area (Å²) in [6, 6.07) is 7.33. The Morgan fingerprint density at radius 1 is 1.32 bits per heavy atom. The van der Waals surface area contributed by atoms with E-state index in [4.69, 9.17) is 4.74 Å². The van der Waals surface area contributed by atoms with Crippen LogP contribution in [0.1, 0.15) is 36.3 Å². The number of ether oxygens (including phenoxy) is 1. The number of carbonyl (C=O) groups is 1. The summed E-state index contributed by atoms with van der Waals surface area (Å²) in [4.78, 5) is 25.2. The van der Waals surface area contributed by atoms with Crippen LogP contribution in [0.5, 0.6) is 0 Å². The van der Waals surface area contributed by atoms with Crippen LogP contribution in [-0.4, -0.2) is 17.6 Å². The first-order valence-corrected chi connectivity index (χ1v) is 7.47. The first-order chi connectivity index (χ1) is 10.5. The van der Waals surface area contributed by atoms with Crippen molar-refractivity contribution in [3.63, 3.8) is 0 Å². The van der Waals surface area contributed by atoms with Crippen molar-refractivity contribution in [2.45, 2.75) is 26.0 Å². The second-order valence-corrected chi connectivity index (χ2v) is 5.83. The molecule has 0 saturated carbocycles. The molecule has 0 spiro atoms. The van der Waals surface area contributed by atoms with Crippen LogP contribution in [0.2, 0.25) is 0 Å². The lowest BCUT2D eigenvalue weighted by Gasteiger charge is -2.35. The molecule has 1 aliphatic heterocycles. The Hall–Kier alpha value is -2.14. The zero-order chi connectivity index (χ0) is 16.1. The normalized spacial score (nSPS) is 21.7. The lowest BCUT2D eigenvalue weighted by atomic mass is 9.91. The largest absolute Gasteiger partial charge is 0.353 e. The molecule has 1 N–H and O–H groups in total. The quantitative estimate of drug-likeness (QED) is 0.944. The maximum absolute atomic E-state index is 12.8. The van der Waals surface area contributed by atoms with Gasteiger partial charge in [0, 0.05) is 25.5 Å². The van der Waals surface area contributed by atoms with E-state index in [1.807, 2.05) is 37.6 Å². The number of hydrogen-bond acceptors (Lipinski definition) is 3. The molecule has 5 nitrogen and oxygen atoms in total. The molecule has 0 unspecified atom stereocenters. The Morgan fingerprint density at radius 2 is 2.00 bits per heavy atom. The van der Waals surface area contributed by atoms with E-state index in [0.717, 1.165) is 11.9 Å². The molecule has 22 heavy (non-hydrogen) atoms. The summed E-state index contributed by atoms with van der Waals surface area (Å²) < 4.78 is 7.64. The van der Waals surface area contributed by atoms with Gasteiger partial charge in [0.1, 0.15) is 5.56 Å². The Balaban J connectivity index is 2.47. The van der Waals surface area contributed by atoms with Gasteiger partial charge in [-0.15, -0.1) is 0 Å². The summed E-state index contributed by atoms with van der Waals surface area (Å²) in [7, 11) is 3.44. The van der Waals surface area contributed by atoms with Gasteiger partial charge in [0.2, 0.25) is 5.43 Å². The summed E-state index contributed by atoms with van der Waals surface area (Å²) in [5.74, 6) is -0.321. The molecule has 1 amide bonds. The number of fused-ring (bicyclic) bond motifs is 2. The minimum Gasteiger partial charge on any atom is -0.353 e. The van der Waals surface area contributed by atoms with Gasteiger partial charge in [0.15, 0.2) is 5.72 Å². The number of carbonyl (C=O) groups excluding carboxylic acids is 1. The van der Waals surface area contributed by atoms with Crippen LogP contribution in [0.25, 0.3) is 10.9 Å². The third-order valence-electron chi connectivity index (χ3n) is 4.82. The molecule has 2 aromatic rings. The molecule has 5 heteroatoms. The van der Waals surface area contributed by atoms with Crippen molar-refractivity contribution in [3.8, 4) is 0 Å². The van der Waals surface area contributed by atoms with Gasteiger partial charge < -0.3 is 14.6 Å². The van der Waals surface area contributed by atoms with Crippen molar-refractivity contribution < 1.29 is 9.53 Å². The van der Waals surface area contributed by atoms with Gasteiger partial charge in [0.05, 0.1) is 11.2 Å². The number of amides is 1. The smallest absolute Gasteiger partial charge is 0.259 e. The van der Waals surface area contributed by atoms with Crippen LogP contribution in [0.15, 0.2) is 29.1 Å². The van der Waals surface area contributed by atoms with Crippen molar-refractivity contribution >= 4 is 16.8 Å². The number of hydrogen-bond donors (Lipinski definition) is 1. The van der Waals surface area contributed by atoms with Crippen molar-refractivity contribution in [2.75, 3.05) is 7.11 Å². The summed E-state index contributed by atoms with van der Waals surface area (Å²) in [5.41, 5.74) is 0.427. The fraction of sp³-hybridized carbons (Fsp3) is 0.412. The maximum Gasteiger partial charge on any atom is 0.259 e. The highest BCUT2D eigenvalue weighted by Gasteiger charge is 2.50. The number of benzene rings is 1. The zero-order valence-corrected chi connectivity index (χ0v) is 13.3. The van der Waals surface area contributed by atoms with Crippen LogP contribution >= 0.6 is 0 Å². The molecular weight excluding hydrogens is 280 g/mol. The Kier molecular flexibility index (Phi) is 3.33. The van der Waals surface area contributed by atoms with Gasteiger partial charge in [-0.25, -0.2) is 0 Å². The average Bonchev–Trinajstić information content (AvgIpc) is 2.86. The van der Waals surface area contributed by atoms with Crippen molar-refractivity contribution in [1.82, 2.24) is 9.88 Å². The molecule has 1 aromatic carbocycles. The number of aromatic nitrogens is 1. The molecule has 0 radical (unpaired) electrons. The minimum absolute atomic E-state index is 0.0365.